The second-order valence-corrected chi connectivity index (χ2v) is 13.1. The van der Waals surface area contributed by atoms with Crippen molar-refractivity contribution in [2.75, 3.05) is 39.4 Å². The third kappa shape index (κ3) is 11.2. The van der Waals surface area contributed by atoms with Crippen LogP contribution in [0.3, 0.4) is 0 Å². The summed E-state index contributed by atoms with van der Waals surface area (Å²) in [6, 6.07) is 0. The number of esters is 2. The molecule has 230 valence electrons. The fourth-order valence-corrected chi connectivity index (χ4v) is 4.98. The van der Waals surface area contributed by atoms with Crippen LogP contribution >= 0.6 is 0 Å². The Labute approximate surface area is 240 Å². The molecule has 2 heterocycles. The van der Waals surface area contributed by atoms with Gasteiger partial charge in [-0.2, -0.15) is 0 Å². The van der Waals surface area contributed by atoms with Crippen molar-refractivity contribution in [2.45, 2.75) is 112 Å². The second-order valence-electron chi connectivity index (χ2n) is 13.1. The molecule has 10 heteroatoms. The van der Waals surface area contributed by atoms with Crippen LogP contribution in [0.1, 0.15) is 100 Å². The zero-order valence-corrected chi connectivity index (χ0v) is 26.0. The number of hydrogen-bond acceptors (Lipinski definition) is 8. The van der Waals surface area contributed by atoms with E-state index in [0.29, 0.717) is 71.0 Å². The summed E-state index contributed by atoms with van der Waals surface area (Å²) in [5, 5.41) is 0. The highest BCUT2D eigenvalue weighted by Crippen LogP contribution is 2.46. The molecule has 0 spiro atoms. The van der Waals surface area contributed by atoms with Crippen molar-refractivity contribution in [3.05, 3.63) is 0 Å². The van der Waals surface area contributed by atoms with Crippen LogP contribution in [0.2, 0.25) is 0 Å². The van der Waals surface area contributed by atoms with Crippen molar-refractivity contribution >= 4 is 24.1 Å². The van der Waals surface area contributed by atoms with Gasteiger partial charge < -0.3 is 28.7 Å². The number of piperidine rings is 2. The molecule has 40 heavy (non-hydrogen) atoms. The highest BCUT2D eigenvalue weighted by Gasteiger charge is 2.47. The first-order valence-corrected chi connectivity index (χ1v) is 14.9. The Bertz CT molecular complexity index is 856. The number of likely N-dealkylation sites (tertiary alicyclic amines) is 2. The molecular formula is C30H52N2O8. The number of rotatable bonds is 6. The van der Waals surface area contributed by atoms with Gasteiger partial charge in [-0.15, -0.1) is 0 Å². The van der Waals surface area contributed by atoms with E-state index in [1.807, 2.05) is 48.5 Å². The SMILES string of the molecule is CCOC(=O)C1(CC2CC2)CCN(C(=O)OC(C)(C)C)CC1.CCOC(=O)C1CCN(C(=O)OC(C)(C)C)CC1. The Morgan fingerprint density at radius 3 is 1.55 bits per heavy atom. The van der Waals surface area contributed by atoms with Gasteiger partial charge in [0.2, 0.25) is 0 Å². The molecular weight excluding hydrogens is 516 g/mol. The molecule has 10 nitrogen and oxygen atoms in total. The maximum Gasteiger partial charge on any atom is 0.410 e. The van der Waals surface area contributed by atoms with Crippen LogP contribution in [0.4, 0.5) is 9.59 Å². The van der Waals surface area contributed by atoms with Crippen LogP contribution < -0.4 is 0 Å². The van der Waals surface area contributed by atoms with Gasteiger partial charge in [-0.3, -0.25) is 9.59 Å². The number of carbonyl (C=O) groups is 4. The van der Waals surface area contributed by atoms with Crippen LogP contribution in [0.15, 0.2) is 0 Å². The summed E-state index contributed by atoms with van der Waals surface area (Å²) < 4.78 is 21.0. The molecule has 1 saturated carbocycles. The van der Waals surface area contributed by atoms with E-state index < -0.39 is 16.6 Å². The predicted octanol–water partition coefficient (Wildman–Crippen LogP) is 5.56. The van der Waals surface area contributed by atoms with E-state index in [9.17, 15) is 19.2 Å². The summed E-state index contributed by atoms with van der Waals surface area (Å²) in [7, 11) is 0. The lowest BCUT2D eigenvalue weighted by Gasteiger charge is -2.40. The normalized spacial score (nSPS) is 19.6. The molecule has 0 aromatic heterocycles. The molecule has 0 aromatic carbocycles. The zero-order chi connectivity index (χ0) is 30.1. The monoisotopic (exact) mass is 568 g/mol. The standard InChI is InChI=1S/C17H29NO4.C13H23NO4/c1-5-21-14(19)17(12-13-6-7-13)8-10-18(11-9-17)15(20)22-16(2,3)4;1-5-17-11(15)10-6-8-14(9-7-10)12(16)18-13(2,3)4/h13H,5-12H2,1-4H3;10H,5-9H2,1-4H3. The molecule has 2 amide bonds. The van der Waals surface area contributed by atoms with E-state index in [1.54, 1.807) is 16.7 Å². The fraction of sp³-hybridized carbons (Fsp3) is 0.867. The van der Waals surface area contributed by atoms with Crippen LogP contribution in [0.25, 0.3) is 0 Å². The molecule has 1 aliphatic carbocycles. The van der Waals surface area contributed by atoms with Crippen molar-refractivity contribution in [3.63, 3.8) is 0 Å². The van der Waals surface area contributed by atoms with Crippen molar-refractivity contribution < 1.29 is 38.1 Å². The summed E-state index contributed by atoms with van der Waals surface area (Å²) in [5.41, 5.74) is -1.36. The summed E-state index contributed by atoms with van der Waals surface area (Å²) in [6.45, 7) is 17.8. The molecule has 0 aromatic rings. The molecule has 3 fully saturated rings. The minimum atomic E-state index is -0.485. The van der Waals surface area contributed by atoms with E-state index in [-0.39, 0.29) is 30.0 Å². The highest BCUT2D eigenvalue weighted by atomic mass is 16.6. The molecule has 2 aliphatic heterocycles. The second kappa shape index (κ2) is 14.4. The summed E-state index contributed by atoms with van der Waals surface area (Å²) in [6.07, 6.45) is 5.43. The van der Waals surface area contributed by atoms with Crippen molar-refractivity contribution in [1.29, 1.82) is 0 Å². The molecule has 3 aliphatic rings. The van der Waals surface area contributed by atoms with E-state index in [2.05, 4.69) is 0 Å². The number of ether oxygens (including phenoxy) is 4. The van der Waals surface area contributed by atoms with Gasteiger partial charge in [0.15, 0.2) is 0 Å². The van der Waals surface area contributed by atoms with Gasteiger partial charge in [-0.05, 0) is 93.4 Å². The zero-order valence-electron chi connectivity index (χ0n) is 26.0. The average Bonchev–Trinajstić information content (AvgIpc) is 3.67. The number of nitrogens with zero attached hydrogens (tertiary/aromatic N) is 2. The van der Waals surface area contributed by atoms with Gasteiger partial charge in [-0.25, -0.2) is 9.59 Å². The fourth-order valence-electron chi connectivity index (χ4n) is 4.98. The van der Waals surface area contributed by atoms with E-state index in [1.165, 1.54) is 12.8 Å². The minimum Gasteiger partial charge on any atom is -0.466 e. The molecule has 0 unspecified atom stereocenters. The lowest BCUT2D eigenvalue weighted by molar-refractivity contribution is -0.159. The van der Waals surface area contributed by atoms with Gasteiger partial charge in [-0.1, -0.05) is 12.8 Å². The molecule has 3 rings (SSSR count). The Hall–Kier alpha value is -2.52. The van der Waals surface area contributed by atoms with Crippen molar-refractivity contribution in [3.8, 4) is 0 Å². The average molecular weight is 569 g/mol. The molecule has 0 radical (unpaired) electrons. The van der Waals surface area contributed by atoms with Gasteiger partial charge in [0, 0.05) is 26.2 Å². The molecule has 0 atom stereocenters. The highest BCUT2D eigenvalue weighted by molar-refractivity contribution is 5.78. The molecule has 0 N–H and O–H groups in total. The van der Waals surface area contributed by atoms with Gasteiger partial charge in [0.05, 0.1) is 24.5 Å². The Morgan fingerprint density at radius 2 is 1.15 bits per heavy atom. The minimum absolute atomic E-state index is 0.0780. The predicted molar refractivity (Wildman–Crippen MR) is 151 cm³/mol. The molecule has 0 bridgehead atoms. The third-order valence-electron chi connectivity index (χ3n) is 7.22. The van der Waals surface area contributed by atoms with Gasteiger partial charge in [0.25, 0.3) is 0 Å². The number of amides is 2. The van der Waals surface area contributed by atoms with Gasteiger partial charge in [0.1, 0.15) is 11.2 Å². The summed E-state index contributed by atoms with van der Waals surface area (Å²) >= 11 is 0. The number of carbonyl (C=O) groups excluding carboxylic acids is 4. The molecule has 2 saturated heterocycles. The van der Waals surface area contributed by atoms with Crippen LogP contribution in [0, 0.1) is 17.3 Å². The van der Waals surface area contributed by atoms with E-state index in [4.69, 9.17) is 18.9 Å². The van der Waals surface area contributed by atoms with Crippen LogP contribution in [-0.4, -0.2) is 84.5 Å². The first-order chi connectivity index (χ1) is 18.6. The Kier molecular flexibility index (Phi) is 12.1. The van der Waals surface area contributed by atoms with Crippen LogP contribution in [-0.2, 0) is 28.5 Å². The summed E-state index contributed by atoms with van der Waals surface area (Å²) in [4.78, 5) is 51.3. The van der Waals surface area contributed by atoms with Crippen molar-refractivity contribution in [1.82, 2.24) is 9.80 Å². The Morgan fingerprint density at radius 1 is 0.700 bits per heavy atom. The van der Waals surface area contributed by atoms with Crippen molar-refractivity contribution in [2.24, 2.45) is 17.3 Å². The van der Waals surface area contributed by atoms with Gasteiger partial charge >= 0.3 is 24.1 Å². The smallest absolute Gasteiger partial charge is 0.410 e. The number of hydrogen-bond donors (Lipinski definition) is 0. The first-order valence-electron chi connectivity index (χ1n) is 14.9. The largest absolute Gasteiger partial charge is 0.466 e. The first kappa shape index (κ1) is 33.7. The third-order valence-corrected chi connectivity index (χ3v) is 7.22. The maximum atomic E-state index is 12.4. The summed E-state index contributed by atoms with van der Waals surface area (Å²) in [5.74, 6) is 0.355. The Balaban J connectivity index is 0.000000286. The maximum absolute atomic E-state index is 12.4. The lowest BCUT2D eigenvalue weighted by atomic mass is 9.74. The van der Waals surface area contributed by atoms with E-state index >= 15 is 0 Å². The quantitative estimate of drug-likeness (QED) is 0.302. The van der Waals surface area contributed by atoms with Crippen LogP contribution in [0.5, 0.6) is 0 Å². The topological polar surface area (TPSA) is 112 Å². The van der Waals surface area contributed by atoms with E-state index in [0.717, 1.165) is 6.42 Å². The lowest BCUT2D eigenvalue weighted by Crippen LogP contribution is -2.48.